The lowest BCUT2D eigenvalue weighted by Crippen LogP contribution is -2.48. The van der Waals surface area contributed by atoms with Crippen molar-refractivity contribution >= 4 is 0 Å². The maximum atomic E-state index is 6.48. The topological polar surface area (TPSA) is 48.3 Å². The molecule has 2 aliphatic rings. The van der Waals surface area contributed by atoms with E-state index in [2.05, 4.69) is 53.1 Å². The second-order valence-electron chi connectivity index (χ2n) is 7.22. The van der Waals surface area contributed by atoms with E-state index in [1.54, 1.807) is 0 Å². The van der Waals surface area contributed by atoms with Crippen LogP contribution in [0.2, 0.25) is 0 Å². The molecule has 1 saturated heterocycles. The summed E-state index contributed by atoms with van der Waals surface area (Å²) in [7, 11) is 2.06. The van der Waals surface area contributed by atoms with Gasteiger partial charge in [-0.15, -0.1) is 0 Å². The van der Waals surface area contributed by atoms with Gasteiger partial charge in [0.2, 0.25) is 0 Å². The summed E-state index contributed by atoms with van der Waals surface area (Å²) < 4.78 is 14.2. The Kier molecular flexibility index (Phi) is 4.52. The third-order valence-electron chi connectivity index (χ3n) is 5.58. The van der Waals surface area contributed by atoms with Crippen molar-refractivity contribution in [2.75, 3.05) is 13.2 Å². The van der Waals surface area contributed by atoms with E-state index in [4.69, 9.17) is 9.47 Å². The fourth-order valence-electron chi connectivity index (χ4n) is 4.15. The maximum absolute atomic E-state index is 6.48. The van der Waals surface area contributed by atoms with Crippen molar-refractivity contribution in [3.05, 3.63) is 48.0 Å². The first kappa shape index (κ1) is 16.6. The third-order valence-corrected chi connectivity index (χ3v) is 5.58. The van der Waals surface area contributed by atoms with Crippen LogP contribution >= 0.6 is 0 Å². The number of rotatable bonds is 4. The number of fused-ring (bicyclic) bond motifs is 1. The van der Waals surface area contributed by atoms with Crippen molar-refractivity contribution < 1.29 is 9.47 Å². The van der Waals surface area contributed by atoms with Crippen molar-refractivity contribution in [2.24, 2.45) is 7.05 Å². The predicted octanol–water partition coefficient (Wildman–Crippen LogP) is 3.53. The number of ether oxygens (including phenoxy) is 2. The Labute approximate surface area is 149 Å². The largest absolute Gasteiger partial charge is 0.487 e. The van der Waals surface area contributed by atoms with Crippen molar-refractivity contribution in [2.45, 2.75) is 50.3 Å². The number of hydrogen-bond donors (Lipinski definition) is 1. The number of aryl methyl sites for hydroxylation is 1. The van der Waals surface area contributed by atoms with Gasteiger partial charge in [0, 0.05) is 50.3 Å². The van der Waals surface area contributed by atoms with Gasteiger partial charge in [-0.25, -0.2) is 4.98 Å². The lowest BCUT2D eigenvalue weighted by atomic mass is 9.81. The molecule has 1 N–H and O–H groups in total. The summed E-state index contributed by atoms with van der Waals surface area (Å²) in [5, 5.41) is 3.87. The fourth-order valence-corrected chi connectivity index (χ4v) is 4.15. The average molecular weight is 341 g/mol. The number of aromatic nitrogens is 2. The number of benzene rings is 1. The zero-order valence-electron chi connectivity index (χ0n) is 15.1. The molecular weight excluding hydrogens is 314 g/mol. The summed E-state index contributed by atoms with van der Waals surface area (Å²) in [6.07, 6.45) is 7.78. The number of para-hydroxylation sites is 1. The van der Waals surface area contributed by atoms with Crippen molar-refractivity contribution in [3.63, 3.8) is 0 Å². The summed E-state index contributed by atoms with van der Waals surface area (Å²) in [6.45, 7) is 3.78. The Morgan fingerprint density at radius 2 is 2.12 bits per heavy atom. The second kappa shape index (κ2) is 6.81. The maximum Gasteiger partial charge on any atom is 0.125 e. The van der Waals surface area contributed by atoms with Crippen LogP contribution in [0.1, 0.15) is 56.1 Å². The highest BCUT2D eigenvalue weighted by Gasteiger charge is 2.42. The van der Waals surface area contributed by atoms with Crippen molar-refractivity contribution in [1.82, 2.24) is 14.9 Å². The molecule has 2 atom stereocenters. The van der Waals surface area contributed by atoms with E-state index in [0.717, 1.165) is 50.5 Å². The Bertz CT molecular complexity index is 721. The minimum Gasteiger partial charge on any atom is -0.487 e. The first-order chi connectivity index (χ1) is 12.2. The highest BCUT2D eigenvalue weighted by Crippen LogP contribution is 2.44. The lowest BCUT2D eigenvalue weighted by Gasteiger charge is -2.45. The minimum atomic E-state index is -0.107. The zero-order chi connectivity index (χ0) is 17.3. The standard InChI is InChI=1S/C20H27N3O2/c1-3-16(19-21-10-11-23(19)2)22-17-14-20(8-12-24-13-9-20)25-18-7-5-4-6-15(17)18/h4-7,10-11,16-17,22H,3,8-9,12-14H2,1-2H3. The monoisotopic (exact) mass is 341 g/mol. The summed E-state index contributed by atoms with van der Waals surface area (Å²) >= 11 is 0. The van der Waals surface area contributed by atoms with E-state index in [1.165, 1.54) is 5.56 Å². The molecule has 1 aromatic heterocycles. The van der Waals surface area contributed by atoms with Gasteiger partial charge >= 0.3 is 0 Å². The minimum absolute atomic E-state index is 0.107. The first-order valence-electron chi connectivity index (χ1n) is 9.30. The van der Waals surface area contributed by atoms with E-state index >= 15 is 0 Å². The van der Waals surface area contributed by atoms with E-state index < -0.39 is 0 Å². The highest BCUT2D eigenvalue weighted by molar-refractivity contribution is 5.39. The smallest absolute Gasteiger partial charge is 0.125 e. The Morgan fingerprint density at radius 3 is 2.84 bits per heavy atom. The molecule has 0 saturated carbocycles. The molecule has 5 heteroatoms. The number of nitrogens with one attached hydrogen (secondary N) is 1. The molecule has 3 heterocycles. The summed E-state index contributed by atoms with van der Waals surface area (Å²) in [4.78, 5) is 4.56. The molecular formula is C20H27N3O2. The zero-order valence-corrected chi connectivity index (χ0v) is 15.1. The molecule has 2 aromatic rings. The molecule has 0 aliphatic carbocycles. The number of nitrogens with zero attached hydrogens (tertiary/aromatic N) is 2. The van der Waals surface area contributed by atoms with Crippen LogP contribution in [0.15, 0.2) is 36.7 Å². The summed E-state index contributed by atoms with van der Waals surface area (Å²) in [5.74, 6) is 2.11. The molecule has 1 fully saturated rings. The molecule has 0 radical (unpaired) electrons. The molecule has 1 spiro atoms. The van der Waals surface area contributed by atoms with Crippen LogP contribution in [0.25, 0.3) is 0 Å². The molecule has 4 rings (SSSR count). The molecule has 2 unspecified atom stereocenters. The van der Waals surface area contributed by atoms with Gasteiger partial charge in [0.05, 0.1) is 19.3 Å². The quantitative estimate of drug-likeness (QED) is 0.924. The van der Waals surface area contributed by atoms with Gasteiger partial charge in [-0.2, -0.15) is 0 Å². The number of imidazole rings is 1. The van der Waals surface area contributed by atoms with Crippen LogP contribution < -0.4 is 10.1 Å². The summed E-state index contributed by atoms with van der Waals surface area (Å²) in [5.41, 5.74) is 1.15. The van der Waals surface area contributed by atoms with Gasteiger partial charge in [-0.05, 0) is 12.5 Å². The molecule has 0 bridgehead atoms. The van der Waals surface area contributed by atoms with E-state index in [0.29, 0.717) is 0 Å². The molecule has 5 nitrogen and oxygen atoms in total. The van der Waals surface area contributed by atoms with Gasteiger partial charge < -0.3 is 19.4 Å². The molecule has 1 aromatic carbocycles. The number of hydrogen-bond acceptors (Lipinski definition) is 4. The SMILES string of the molecule is CCC(NC1CC2(CCOCC2)Oc2ccccc21)c1nccn1C. The lowest BCUT2D eigenvalue weighted by molar-refractivity contribution is -0.0654. The van der Waals surface area contributed by atoms with Gasteiger partial charge in [-0.1, -0.05) is 25.1 Å². The molecule has 25 heavy (non-hydrogen) atoms. The van der Waals surface area contributed by atoms with E-state index in [1.807, 2.05) is 12.4 Å². The van der Waals surface area contributed by atoms with Gasteiger partial charge in [0.1, 0.15) is 17.2 Å². The Morgan fingerprint density at radius 1 is 1.32 bits per heavy atom. The summed E-state index contributed by atoms with van der Waals surface area (Å²) in [6, 6.07) is 8.94. The van der Waals surface area contributed by atoms with E-state index in [-0.39, 0.29) is 17.7 Å². The fraction of sp³-hybridized carbons (Fsp3) is 0.550. The molecule has 2 aliphatic heterocycles. The third kappa shape index (κ3) is 3.18. The van der Waals surface area contributed by atoms with Crippen LogP contribution in [0.3, 0.4) is 0 Å². The Balaban J connectivity index is 1.64. The average Bonchev–Trinajstić information content (AvgIpc) is 3.06. The predicted molar refractivity (Wildman–Crippen MR) is 96.6 cm³/mol. The van der Waals surface area contributed by atoms with Crippen LogP contribution in [0, 0.1) is 0 Å². The first-order valence-corrected chi connectivity index (χ1v) is 9.30. The van der Waals surface area contributed by atoms with Crippen molar-refractivity contribution in [1.29, 1.82) is 0 Å². The second-order valence-corrected chi connectivity index (χ2v) is 7.22. The van der Waals surface area contributed by atoms with Gasteiger partial charge in [0.25, 0.3) is 0 Å². The van der Waals surface area contributed by atoms with Gasteiger partial charge in [-0.3, -0.25) is 0 Å². The van der Waals surface area contributed by atoms with Crippen LogP contribution in [-0.4, -0.2) is 28.4 Å². The van der Waals surface area contributed by atoms with E-state index in [9.17, 15) is 0 Å². The normalized spacial score (nSPS) is 23.0. The van der Waals surface area contributed by atoms with Crippen LogP contribution in [-0.2, 0) is 11.8 Å². The van der Waals surface area contributed by atoms with Crippen LogP contribution in [0.4, 0.5) is 0 Å². The van der Waals surface area contributed by atoms with Crippen LogP contribution in [0.5, 0.6) is 5.75 Å². The van der Waals surface area contributed by atoms with Crippen molar-refractivity contribution in [3.8, 4) is 5.75 Å². The highest BCUT2D eigenvalue weighted by atomic mass is 16.5. The Hall–Kier alpha value is -1.85. The molecule has 0 amide bonds. The molecule has 134 valence electrons. The van der Waals surface area contributed by atoms with Gasteiger partial charge in [0.15, 0.2) is 0 Å².